The molecule has 2 rings (SSSR count). The van der Waals surface area contributed by atoms with E-state index in [1.807, 2.05) is 7.05 Å². The van der Waals surface area contributed by atoms with Crippen LogP contribution >= 0.6 is 0 Å². The number of nitro benzene ring substituents is 1. The molecule has 1 fully saturated rings. The molecule has 0 radical (unpaired) electrons. The van der Waals surface area contributed by atoms with E-state index < -0.39 is 16.5 Å². The number of piperazine rings is 1. The van der Waals surface area contributed by atoms with Crippen LogP contribution in [0, 0.1) is 10.1 Å². The molecule has 2 N–H and O–H groups in total. The van der Waals surface area contributed by atoms with Crippen LogP contribution in [0.5, 0.6) is 0 Å². The zero-order valence-corrected chi connectivity index (χ0v) is 11.6. The molecule has 8 heteroatoms. The fourth-order valence-corrected chi connectivity index (χ4v) is 2.22. The van der Waals surface area contributed by atoms with Crippen LogP contribution in [0.3, 0.4) is 0 Å². The fraction of sp³-hybridized carbons (Fsp3) is 0.385. The maximum Gasteiger partial charge on any atom is 0.282 e. The monoisotopic (exact) mass is 292 g/mol. The molecule has 1 heterocycles. The average molecular weight is 292 g/mol. The molecule has 0 saturated carbocycles. The van der Waals surface area contributed by atoms with Crippen molar-refractivity contribution in [3.63, 3.8) is 0 Å². The van der Waals surface area contributed by atoms with E-state index in [-0.39, 0.29) is 17.0 Å². The van der Waals surface area contributed by atoms with Crippen LogP contribution in [-0.2, 0) is 0 Å². The Morgan fingerprint density at radius 1 is 1.24 bits per heavy atom. The Labute approximate surface area is 121 Å². The molecule has 0 aromatic heterocycles. The van der Waals surface area contributed by atoms with E-state index >= 15 is 0 Å². The lowest BCUT2D eigenvalue weighted by atomic mass is 10.1. The van der Waals surface area contributed by atoms with Crippen molar-refractivity contribution < 1.29 is 14.5 Å². The molecule has 0 bridgehead atoms. The number of benzene rings is 1. The minimum atomic E-state index is -0.889. The van der Waals surface area contributed by atoms with Gasteiger partial charge >= 0.3 is 0 Å². The number of nitro groups is 1. The molecular weight excluding hydrogens is 276 g/mol. The molecule has 1 aromatic rings. The van der Waals surface area contributed by atoms with Gasteiger partial charge < -0.3 is 15.5 Å². The highest BCUT2D eigenvalue weighted by Gasteiger charge is 2.24. The molecule has 112 valence electrons. The number of hydrogen-bond donors (Lipinski definition) is 1. The van der Waals surface area contributed by atoms with E-state index in [2.05, 4.69) is 4.90 Å². The molecule has 21 heavy (non-hydrogen) atoms. The summed E-state index contributed by atoms with van der Waals surface area (Å²) in [5, 5.41) is 11.0. The summed E-state index contributed by atoms with van der Waals surface area (Å²) in [5.74, 6) is -1.16. The highest BCUT2D eigenvalue weighted by molar-refractivity contribution is 6.00. The Morgan fingerprint density at radius 3 is 2.38 bits per heavy atom. The van der Waals surface area contributed by atoms with Gasteiger partial charge in [0.15, 0.2) is 0 Å². The molecule has 0 aliphatic carbocycles. The number of nitrogens with two attached hydrogens (primary N) is 1. The third-order valence-corrected chi connectivity index (χ3v) is 3.50. The van der Waals surface area contributed by atoms with E-state index in [1.54, 1.807) is 4.90 Å². The summed E-state index contributed by atoms with van der Waals surface area (Å²) in [4.78, 5) is 37.5. The zero-order chi connectivity index (χ0) is 15.6. The van der Waals surface area contributed by atoms with Gasteiger partial charge in [0.05, 0.1) is 4.92 Å². The minimum Gasteiger partial charge on any atom is -0.365 e. The molecule has 0 spiro atoms. The second kappa shape index (κ2) is 5.88. The fourth-order valence-electron chi connectivity index (χ4n) is 2.22. The summed E-state index contributed by atoms with van der Waals surface area (Å²) in [5.41, 5.74) is 4.64. The van der Waals surface area contributed by atoms with E-state index in [4.69, 9.17) is 5.73 Å². The first-order valence-electron chi connectivity index (χ1n) is 6.46. The van der Waals surface area contributed by atoms with E-state index in [0.29, 0.717) is 13.1 Å². The predicted molar refractivity (Wildman–Crippen MR) is 75.0 cm³/mol. The van der Waals surface area contributed by atoms with Crippen LogP contribution in [0.2, 0.25) is 0 Å². The Morgan fingerprint density at radius 2 is 1.86 bits per heavy atom. The van der Waals surface area contributed by atoms with Crippen LogP contribution in [0.4, 0.5) is 5.69 Å². The molecule has 1 aliphatic heterocycles. The van der Waals surface area contributed by atoms with E-state index in [0.717, 1.165) is 19.2 Å². The van der Waals surface area contributed by atoms with E-state index in [9.17, 15) is 19.7 Å². The molecule has 1 saturated heterocycles. The summed E-state index contributed by atoms with van der Waals surface area (Å²) < 4.78 is 0. The number of primary amides is 1. The smallest absolute Gasteiger partial charge is 0.282 e. The number of likely N-dealkylation sites (N-methyl/N-ethyl adjacent to an activating group) is 1. The summed E-state index contributed by atoms with van der Waals surface area (Å²) in [6.45, 7) is 2.65. The van der Waals surface area contributed by atoms with Gasteiger partial charge in [-0.25, -0.2) is 0 Å². The van der Waals surface area contributed by atoms with Gasteiger partial charge in [0.2, 0.25) is 0 Å². The quantitative estimate of drug-likeness (QED) is 0.626. The maximum atomic E-state index is 12.3. The van der Waals surface area contributed by atoms with Gasteiger partial charge in [0.1, 0.15) is 5.56 Å². The standard InChI is InChI=1S/C13H16N4O4/c1-15-4-6-16(7-5-15)13(19)9-2-3-10(12(14)18)11(8-9)17(20)21/h2-3,8H,4-7H2,1H3,(H2,14,18). The molecule has 1 aromatic carbocycles. The second-order valence-electron chi connectivity index (χ2n) is 4.95. The van der Waals surface area contributed by atoms with Crippen molar-refractivity contribution in [3.8, 4) is 0 Å². The maximum absolute atomic E-state index is 12.3. The first-order chi connectivity index (χ1) is 9.90. The lowest BCUT2D eigenvalue weighted by Gasteiger charge is -2.32. The van der Waals surface area contributed by atoms with E-state index in [1.165, 1.54) is 12.1 Å². The number of rotatable bonds is 3. The molecule has 8 nitrogen and oxygen atoms in total. The topological polar surface area (TPSA) is 110 Å². The van der Waals surface area contributed by atoms with Gasteiger partial charge in [-0.2, -0.15) is 0 Å². The lowest BCUT2D eigenvalue weighted by molar-refractivity contribution is -0.385. The first kappa shape index (κ1) is 14.9. The zero-order valence-electron chi connectivity index (χ0n) is 11.6. The summed E-state index contributed by atoms with van der Waals surface area (Å²) in [7, 11) is 1.97. The largest absolute Gasteiger partial charge is 0.365 e. The SMILES string of the molecule is CN1CCN(C(=O)c2ccc(C(N)=O)c([N+](=O)[O-])c2)CC1. The predicted octanol–water partition coefficient (Wildman–Crippen LogP) is 0.0813. The van der Waals surface area contributed by atoms with Crippen molar-refractivity contribution in [2.45, 2.75) is 0 Å². The highest BCUT2D eigenvalue weighted by Crippen LogP contribution is 2.21. The number of hydrogen-bond acceptors (Lipinski definition) is 5. The lowest BCUT2D eigenvalue weighted by Crippen LogP contribution is -2.47. The Bertz CT molecular complexity index is 594. The van der Waals surface area contributed by atoms with Crippen molar-refractivity contribution in [2.75, 3.05) is 33.2 Å². The van der Waals surface area contributed by atoms with Gasteiger partial charge in [-0.15, -0.1) is 0 Å². The number of nitrogens with zero attached hydrogens (tertiary/aromatic N) is 3. The molecule has 1 aliphatic rings. The average Bonchev–Trinajstić information content (AvgIpc) is 2.46. The van der Waals surface area contributed by atoms with Gasteiger partial charge in [-0.05, 0) is 19.2 Å². The van der Waals surface area contributed by atoms with Crippen LogP contribution in [-0.4, -0.2) is 59.8 Å². The number of amides is 2. The minimum absolute atomic E-state index is 0.191. The second-order valence-corrected chi connectivity index (χ2v) is 4.95. The first-order valence-corrected chi connectivity index (χ1v) is 6.46. The highest BCUT2D eigenvalue weighted by atomic mass is 16.6. The van der Waals surface area contributed by atoms with Crippen LogP contribution < -0.4 is 5.73 Å². The van der Waals surface area contributed by atoms with Crippen molar-refractivity contribution in [3.05, 3.63) is 39.4 Å². The number of carbonyl (C=O) groups is 2. The van der Waals surface area contributed by atoms with Crippen molar-refractivity contribution in [1.82, 2.24) is 9.80 Å². The molecule has 0 atom stereocenters. The van der Waals surface area contributed by atoms with Gasteiger partial charge in [0, 0.05) is 37.8 Å². The Balaban J connectivity index is 2.28. The van der Waals surface area contributed by atoms with Crippen LogP contribution in [0.25, 0.3) is 0 Å². The third-order valence-electron chi connectivity index (χ3n) is 3.50. The summed E-state index contributed by atoms with van der Waals surface area (Å²) >= 11 is 0. The van der Waals surface area contributed by atoms with Gasteiger partial charge in [-0.3, -0.25) is 19.7 Å². The van der Waals surface area contributed by atoms with Crippen LogP contribution in [0.15, 0.2) is 18.2 Å². The van der Waals surface area contributed by atoms with Crippen molar-refractivity contribution >= 4 is 17.5 Å². The summed E-state index contributed by atoms with van der Waals surface area (Å²) in [6, 6.07) is 3.73. The van der Waals surface area contributed by atoms with Crippen molar-refractivity contribution in [1.29, 1.82) is 0 Å². The van der Waals surface area contributed by atoms with Gasteiger partial charge in [0.25, 0.3) is 17.5 Å². The molecule has 0 unspecified atom stereocenters. The number of carbonyl (C=O) groups excluding carboxylic acids is 2. The molecule has 2 amide bonds. The molecular formula is C13H16N4O4. The van der Waals surface area contributed by atoms with Crippen LogP contribution in [0.1, 0.15) is 20.7 Å². The normalized spacial score (nSPS) is 15.8. The summed E-state index contributed by atoms with van der Waals surface area (Å²) in [6.07, 6.45) is 0. The third kappa shape index (κ3) is 3.16. The Kier molecular flexibility index (Phi) is 4.18. The Hall–Kier alpha value is -2.48. The van der Waals surface area contributed by atoms with Crippen molar-refractivity contribution in [2.24, 2.45) is 5.73 Å². The van der Waals surface area contributed by atoms with Gasteiger partial charge in [-0.1, -0.05) is 0 Å².